The van der Waals surface area contributed by atoms with Gasteiger partial charge in [0.15, 0.2) is 5.79 Å². The molecule has 4 nitrogen and oxygen atoms in total. The minimum absolute atomic E-state index is 0.0394. The molecule has 0 saturated carbocycles. The Bertz CT molecular complexity index is 219. The van der Waals surface area contributed by atoms with E-state index < -0.39 is 11.9 Å². The van der Waals surface area contributed by atoms with Gasteiger partial charge >= 0.3 is 0 Å². The van der Waals surface area contributed by atoms with Gasteiger partial charge in [0, 0.05) is 6.42 Å². The summed E-state index contributed by atoms with van der Waals surface area (Å²) in [6.07, 6.45) is -0.0609. The second kappa shape index (κ2) is 2.01. The second-order valence-corrected chi connectivity index (χ2v) is 3.93. The van der Waals surface area contributed by atoms with E-state index >= 15 is 0 Å². The summed E-state index contributed by atoms with van der Waals surface area (Å²) in [5, 5.41) is 9.67. The fraction of sp³-hybridized carbons (Fsp3) is 1.00. The van der Waals surface area contributed by atoms with E-state index in [0.29, 0.717) is 6.61 Å². The molecule has 1 N–H and O–H groups in total. The van der Waals surface area contributed by atoms with Gasteiger partial charge in [0.25, 0.3) is 0 Å². The molecular weight excluding hydrogens is 160 g/mol. The smallest absolute Gasteiger partial charge is 0.168 e. The molecule has 4 aliphatic heterocycles. The van der Waals surface area contributed by atoms with Gasteiger partial charge in [-0.1, -0.05) is 0 Å². The Kier molecular flexibility index (Phi) is 1.22. The van der Waals surface area contributed by atoms with Gasteiger partial charge in [-0.2, -0.15) is 0 Å². The molecule has 12 heavy (non-hydrogen) atoms. The Labute approximate surface area is 70.4 Å². The van der Waals surface area contributed by atoms with Gasteiger partial charge in [0.1, 0.15) is 18.3 Å². The van der Waals surface area contributed by atoms with E-state index in [4.69, 9.17) is 14.2 Å². The molecule has 5 unspecified atom stereocenters. The molecule has 4 bridgehead atoms. The van der Waals surface area contributed by atoms with Crippen molar-refractivity contribution in [2.75, 3.05) is 6.61 Å². The van der Waals surface area contributed by atoms with Gasteiger partial charge in [-0.25, -0.2) is 0 Å². The highest BCUT2D eigenvalue weighted by Gasteiger charge is 2.58. The summed E-state index contributed by atoms with van der Waals surface area (Å²) in [5.41, 5.74) is 0. The number of ether oxygens (including phenoxy) is 3. The summed E-state index contributed by atoms with van der Waals surface area (Å²) < 4.78 is 16.6. The van der Waals surface area contributed by atoms with Gasteiger partial charge in [-0.15, -0.1) is 0 Å². The van der Waals surface area contributed by atoms with Gasteiger partial charge in [-0.05, 0) is 6.92 Å². The van der Waals surface area contributed by atoms with E-state index in [0.717, 1.165) is 6.42 Å². The van der Waals surface area contributed by atoms with Crippen molar-refractivity contribution in [3.63, 3.8) is 0 Å². The fourth-order valence-corrected chi connectivity index (χ4v) is 2.31. The van der Waals surface area contributed by atoms with E-state index in [1.165, 1.54) is 0 Å². The van der Waals surface area contributed by atoms with E-state index in [1.807, 2.05) is 6.92 Å². The summed E-state index contributed by atoms with van der Waals surface area (Å²) in [6, 6.07) is 0. The van der Waals surface area contributed by atoms with Crippen LogP contribution in [0.3, 0.4) is 0 Å². The summed E-state index contributed by atoms with van der Waals surface area (Å²) >= 11 is 0. The lowest BCUT2D eigenvalue weighted by atomic mass is 10.1. The Morgan fingerprint density at radius 1 is 1.42 bits per heavy atom. The van der Waals surface area contributed by atoms with Crippen LogP contribution < -0.4 is 0 Å². The highest BCUT2D eigenvalue weighted by molar-refractivity contribution is 5.01. The Balaban J connectivity index is 2.00. The van der Waals surface area contributed by atoms with Crippen molar-refractivity contribution in [3.8, 4) is 0 Å². The standard InChI is InChI=1S/C8H12O4/c1-8-2-4-7(12-8)6(9)5(11-4)3-10-8/h4-7,9H,2-3H2,1H3. The van der Waals surface area contributed by atoms with Crippen molar-refractivity contribution in [2.24, 2.45) is 0 Å². The molecule has 68 valence electrons. The zero-order valence-corrected chi connectivity index (χ0v) is 6.90. The van der Waals surface area contributed by atoms with Crippen molar-refractivity contribution < 1.29 is 19.3 Å². The highest BCUT2D eigenvalue weighted by Crippen LogP contribution is 2.43. The van der Waals surface area contributed by atoms with Crippen LogP contribution in [0.4, 0.5) is 0 Å². The van der Waals surface area contributed by atoms with Crippen LogP contribution in [-0.2, 0) is 14.2 Å². The third kappa shape index (κ3) is 0.758. The van der Waals surface area contributed by atoms with Gasteiger partial charge in [-0.3, -0.25) is 0 Å². The van der Waals surface area contributed by atoms with Crippen LogP contribution in [0.5, 0.6) is 0 Å². The molecule has 4 rings (SSSR count). The van der Waals surface area contributed by atoms with Gasteiger partial charge in [0.2, 0.25) is 0 Å². The first-order chi connectivity index (χ1) is 5.68. The van der Waals surface area contributed by atoms with E-state index in [-0.39, 0.29) is 18.3 Å². The lowest BCUT2D eigenvalue weighted by Crippen LogP contribution is -2.31. The monoisotopic (exact) mass is 172 g/mol. The van der Waals surface area contributed by atoms with E-state index in [2.05, 4.69) is 0 Å². The van der Waals surface area contributed by atoms with Crippen LogP contribution in [0.1, 0.15) is 13.3 Å². The van der Waals surface area contributed by atoms with Crippen LogP contribution >= 0.6 is 0 Å². The lowest BCUT2D eigenvalue weighted by Gasteiger charge is -2.21. The summed E-state index contributed by atoms with van der Waals surface area (Å²) in [4.78, 5) is 0. The molecule has 4 heterocycles. The maximum Gasteiger partial charge on any atom is 0.168 e. The predicted molar refractivity (Wildman–Crippen MR) is 38.5 cm³/mol. The molecule has 4 fully saturated rings. The van der Waals surface area contributed by atoms with E-state index in [1.54, 1.807) is 0 Å². The number of fused-ring (bicyclic) bond motifs is 1. The zero-order valence-electron chi connectivity index (χ0n) is 6.90. The number of hydrogen-bond acceptors (Lipinski definition) is 4. The molecule has 0 radical (unpaired) electrons. The van der Waals surface area contributed by atoms with Crippen LogP contribution in [-0.4, -0.2) is 41.9 Å². The average Bonchev–Trinajstić information content (AvgIpc) is 2.32. The predicted octanol–water partition coefficient (Wildman–Crippen LogP) is -0.350. The fourth-order valence-electron chi connectivity index (χ4n) is 2.31. The maximum absolute atomic E-state index is 9.67. The number of rotatable bonds is 0. The van der Waals surface area contributed by atoms with Crippen LogP contribution in [0.25, 0.3) is 0 Å². The molecule has 0 aromatic carbocycles. The third-order valence-corrected chi connectivity index (χ3v) is 2.94. The Morgan fingerprint density at radius 2 is 2.25 bits per heavy atom. The minimum atomic E-state index is -0.512. The SMILES string of the molecule is CC12CC3OC(CO1)C(O)C3O2. The van der Waals surface area contributed by atoms with Crippen molar-refractivity contribution in [1.82, 2.24) is 0 Å². The first-order valence-electron chi connectivity index (χ1n) is 4.33. The van der Waals surface area contributed by atoms with Crippen LogP contribution in [0.15, 0.2) is 0 Å². The summed E-state index contributed by atoms with van der Waals surface area (Å²) in [5.74, 6) is -0.512. The topological polar surface area (TPSA) is 47.9 Å². The second-order valence-electron chi connectivity index (χ2n) is 3.93. The first kappa shape index (κ1) is 7.26. The molecular formula is C8H12O4. The first-order valence-corrected chi connectivity index (χ1v) is 4.33. The maximum atomic E-state index is 9.67. The summed E-state index contributed by atoms with van der Waals surface area (Å²) in [7, 11) is 0. The van der Waals surface area contributed by atoms with Crippen molar-refractivity contribution in [2.45, 2.75) is 43.5 Å². The van der Waals surface area contributed by atoms with Gasteiger partial charge < -0.3 is 19.3 Å². The molecule has 4 aliphatic rings. The quantitative estimate of drug-likeness (QED) is 0.542. The van der Waals surface area contributed by atoms with Gasteiger partial charge in [0.05, 0.1) is 12.7 Å². The van der Waals surface area contributed by atoms with Crippen molar-refractivity contribution in [1.29, 1.82) is 0 Å². The molecule has 0 aliphatic carbocycles. The molecule has 0 aromatic rings. The zero-order chi connectivity index (χ0) is 8.34. The molecule has 4 saturated heterocycles. The minimum Gasteiger partial charge on any atom is -0.387 e. The van der Waals surface area contributed by atoms with Crippen molar-refractivity contribution in [3.05, 3.63) is 0 Å². The lowest BCUT2D eigenvalue weighted by molar-refractivity contribution is -0.210. The largest absolute Gasteiger partial charge is 0.387 e. The van der Waals surface area contributed by atoms with E-state index in [9.17, 15) is 5.11 Å². The molecule has 0 aromatic heterocycles. The third-order valence-electron chi connectivity index (χ3n) is 2.94. The highest BCUT2D eigenvalue weighted by atomic mass is 16.7. The molecule has 0 spiro atoms. The van der Waals surface area contributed by atoms with Crippen molar-refractivity contribution >= 4 is 0 Å². The Morgan fingerprint density at radius 3 is 3.00 bits per heavy atom. The molecule has 4 heteroatoms. The normalized spacial score (nSPS) is 62.5. The molecule has 0 amide bonds. The number of hydrogen-bond donors (Lipinski definition) is 1. The average molecular weight is 172 g/mol. The Hall–Kier alpha value is -0.160. The van der Waals surface area contributed by atoms with Crippen LogP contribution in [0, 0.1) is 0 Å². The number of aliphatic hydroxyl groups is 1. The summed E-state index contributed by atoms with van der Waals surface area (Å²) in [6.45, 7) is 2.36. The van der Waals surface area contributed by atoms with Crippen LogP contribution in [0.2, 0.25) is 0 Å². The number of aliphatic hydroxyl groups excluding tert-OH is 1. The molecule has 5 atom stereocenters.